The molecule has 0 rings (SSSR count). The molecule has 10 nitrogen and oxygen atoms in total. The molecule has 0 aromatic carbocycles. The topological polar surface area (TPSA) is 108 Å². The third-order valence-corrected chi connectivity index (χ3v) is 6.51. The van der Waals surface area contributed by atoms with E-state index in [0.29, 0.717) is 79.3 Å². The van der Waals surface area contributed by atoms with E-state index in [1.165, 1.54) is 56.7 Å². The van der Waals surface area contributed by atoms with Crippen LogP contribution in [0.3, 0.4) is 0 Å². The Bertz CT molecular complexity index is 601. The van der Waals surface area contributed by atoms with Gasteiger partial charge < -0.3 is 37.9 Å². The van der Waals surface area contributed by atoms with Crippen molar-refractivity contribution in [3.05, 3.63) is 0 Å². The molecule has 0 aliphatic carbocycles. The minimum Gasteiger partial charge on any atom is -0.458 e. The van der Waals surface area contributed by atoms with E-state index in [-0.39, 0.29) is 17.7 Å². The number of carbonyl (C=O) groups excluding carboxylic acids is 2. The Hall–Kier alpha value is -0.790. The van der Waals surface area contributed by atoms with Crippen molar-refractivity contribution in [3.63, 3.8) is 0 Å². The molecule has 0 saturated carbocycles. The monoisotopic (exact) mass is 624 g/mol. The summed E-state index contributed by atoms with van der Waals surface area (Å²) in [5.74, 6) is 0.594. The molecule has 0 atom stereocenters. The Morgan fingerprint density at radius 3 is 1.19 bits per heavy atom. The van der Waals surface area contributed by atoms with Crippen molar-refractivity contribution in [2.45, 2.75) is 91.1 Å². The van der Waals surface area contributed by atoms with Gasteiger partial charge in [-0.1, -0.05) is 56.7 Å². The molecule has 42 heavy (non-hydrogen) atoms. The molecule has 0 aromatic heterocycles. The van der Waals surface area contributed by atoms with Gasteiger partial charge in [0.15, 0.2) is 5.12 Å². The van der Waals surface area contributed by atoms with Gasteiger partial charge in [0, 0.05) is 19.3 Å². The van der Waals surface area contributed by atoms with Crippen molar-refractivity contribution in [3.8, 4) is 0 Å². The van der Waals surface area contributed by atoms with Crippen molar-refractivity contribution in [1.82, 2.24) is 0 Å². The van der Waals surface area contributed by atoms with Crippen molar-refractivity contribution < 1.29 is 47.5 Å². The van der Waals surface area contributed by atoms with E-state index in [4.69, 9.17) is 37.9 Å². The molecule has 0 unspecified atom stereocenters. The number of esters is 1. The van der Waals surface area contributed by atoms with E-state index in [1.54, 1.807) is 6.92 Å². The Morgan fingerprint density at radius 2 is 0.810 bits per heavy atom. The molecule has 0 fully saturated rings. The number of hydrogen-bond acceptors (Lipinski definition) is 11. The van der Waals surface area contributed by atoms with Crippen molar-refractivity contribution >= 4 is 22.8 Å². The minimum atomic E-state index is -0.504. The standard InChI is InChI=1S/C31H60O10S/c1-29(32)42-27-13-11-9-7-5-6-8-10-12-14-34-15-16-35-17-18-36-19-20-37-21-22-38-23-24-39-25-26-40-28-30(33)41-31(2,3)4/h5-28H2,1-4H3. The van der Waals surface area contributed by atoms with Crippen LogP contribution in [0.1, 0.15) is 85.5 Å². The summed E-state index contributed by atoms with van der Waals surface area (Å²) in [6, 6.07) is 0. The zero-order valence-corrected chi connectivity index (χ0v) is 27.8. The molecular weight excluding hydrogens is 564 g/mol. The van der Waals surface area contributed by atoms with Crippen LogP contribution < -0.4 is 0 Å². The van der Waals surface area contributed by atoms with Crippen LogP contribution >= 0.6 is 11.8 Å². The molecule has 0 N–H and O–H groups in total. The number of hydrogen-bond donors (Lipinski definition) is 0. The highest BCUT2D eigenvalue weighted by molar-refractivity contribution is 8.13. The van der Waals surface area contributed by atoms with Crippen LogP contribution in [0.4, 0.5) is 0 Å². The lowest BCUT2D eigenvalue weighted by molar-refractivity contribution is -0.160. The van der Waals surface area contributed by atoms with Crippen LogP contribution in [0, 0.1) is 0 Å². The summed E-state index contributed by atoms with van der Waals surface area (Å²) in [5.41, 5.74) is -0.504. The van der Waals surface area contributed by atoms with Crippen LogP contribution in [0.25, 0.3) is 0 Å². The second kappa shape index (κ2) is 31.6. The number of thioether (sulfide) groups is 1. The maximum absolute atomic E-state index is 11.5. The van der Waals surface area contributed by atoms with E-state index in [2.05, 4.69) is 0 Å². The van der Waals surface area contributed by atoms with Gasteiger partial charge in [0.05, 0.1) is 79.3 Å². The van der Waals surface area contributed by atoms with Crippen LogP contribution in [0.5, 0.6) is 0 Å². The van der Waals surface area contributed by atoms with Gasteiger partial charge in [-0.05, 0) is 33.6 Å². The molecule has 0 aliphatic rings. The first-order valence-electron chi connectivity index (χ1n) is 15.7. The van der Waals surface area contributed by atoms with Gasteiger partial charge in [-0.25, -0.2) is 4.79 Å². The zero-order chi connectivity index (χ0) is 31.0. The summed E-state index contributed by atoms with van der Waals surface area (Å²) < 4.78 is 43.3. The molecule has 0 heterocycles. The molecular formula is C31H60O10S. The van der Waals surface area contributed by atoms with Gasteiger partial charge in [-0.15, -0.1) is 0 Å². The lowest BCUT2D eigenvalue weighted by Crippen LogP contribution is -2.27. The normalized spacial score (nSPS) is 11.7. The lowest BCUT2D eigenvalue weighted by atomic mass is 10.1. The zero-order valence-electron chi connectivity index (χ0n) is 27.0. The van der Waals surface area contributed by atoms with E-state index >= 15 is 0 Å². The fraction of sp³-hybridized carbons (Fsp3) is 0.935. The van der Waals surface area contributed by atoms with Crippen LogP contribution in [-0.4, -0.2) is 115 Å². The molecule has 0 saturated heterocycles. The minimum absolute atomic E-state index is 0.0749. The summed E-state index contributed by atoms with van der Waals surface area (Å²) >= 11 is 1.44. The summed E-state index contributed by atoms with van der Waals surface area (Å²) in [7, 11) is 0. The number of unbranched alkanes of at least 4 members (excludes halogenated alkanes) is 8. The van der Waals surface area contributed by atoms with Crippen LogP contribution in [-0.2, 0) is 47.5 Å². The summed E-state index contributed by atoms with van der Waals surface area (Å²) in [5, 5.41) is 0.230. The number of ether oxygens (including phenoxy) is 8. The van der Waals surface area contributed by atoms with E-state index in [9.17, 15) is 9.59 Å². The fourth-order valence-electron chi connectivity index (χ4n) is 3.61. The summed E-state index contributed by atoms with van der Waals surface area (Å²) in [4.78, 5) is 22.3. The summed E-state index contributed by atoms with van der Waals surface area (Å²) in [6.45, 7) is 13.8. The summed E-state index contributed by atoms with van der Waals surface area (Å²) in [6.07, 6.45) is 11.2. The van der Waals surface area contributed by atoms with E-state index < -0.39 is 5.60 Å². The molecule has 0 aromatic rings. The molecule has 0 spiro atoms. The fourth-order valence-corrected chi connectivity index (χ4v) is 4.24. The van der Waals surface area contributed by atoms with Crippen molar-refractivity contribution in [2.24, 2.45) is 0 Å². The second-order valence-electron chi connectivity index (χ2n) is 10.8. The van der Waals surface area contributed by atoms with Gasteiger partial charge in [-0.2, -0.15) is 0 Å². The maximum atomic E-state index is 11.5. The third-order valence-electron chi connectivity index (χ3n) is 5.61. The average Bonchev–Trinajstić information content (AvgIpc) is 2.92. The molecule has 0 aliphatic heterocycles. The highest BCUT2D eigenvalue weighted by atomic mass is 32.2. The Labute approximate surface area is 259 Å². The average molecular weight is 625 g/mol. The quantitative estimate of drug-likeness (QED) is 0.0725. The molecule has 250 valence electrons. The molecule has 0 bridgehead atoms. The predicted molar refractivity (Wildman–Crippen MR) is 166 cm³/mol. The third kappa shape index (κ3) is 37.2. The van der Waals surface area contributed by atoms with Gasteiger partial charge in [-0.3, -0.25) is 4.79 Å². The van der Waals surface area contributed by atoms with E-state index in [0.717, 1.165) is 25.2 Å². The van der Waals surface area contributed by atoms with Gasteiger partial charge >= 0.3 is 5.97 Å². The SMILES string of the molecule is CC(=O)SCCCCCCCCCCCOCCOCCOCCOCCOCCOCCOCC(=O)OC(C)(C)C. The van der Waals surface area contributed by atoms with Crippen molar-refractivity contribution in [1.29, 1.82) is 0 Å². The largest absolute Gasteiger partial charge is 0.458 e. The predicted octanol–water partition coefficient (Wildman–Crippen LogP) is 5.23. The number of rotatable bonds is 32. The Kier molecular flexibility index (Phi) is 31.0. The van der Waals surface area contributed by atoms with Crippen LogP contribution in [0.15, 0.2) is 0 Å². The molecule has 11 heteroatoms. The van der Waals surface area contributed by atoms with E-state index in [1.807, 2.05) is 20.8 Å². The second-order valence-corrected chi connectivity index (χ2v) is 12.1. The van der Waals surface area contributed by atoms with Crippen molar-refractivity contribution in [2.75, 3.05) is 98.2 Å². The first-order valence-corrected chi connectivity index (χ1v) is 16.7. The highest BCUT2D eigenvalue weighted by Gasteiger charge is 2.15. The van der Waals surface area contributed by atoms with Gasteiger partial charge in [0.2, 0.25) is 0 Å². The smallest absolute Gasteiger partial charge is 0.332 e. The number of carbonyl (C=O) groups is 2. The maximum Gasteiger partial charge on any atom is 0.332 e. The Balaban J connectivity index is 3.10. The van der Waals surface area contributed by atoms with Gasteiger partial charge in [0.1, 0.15) is 12.2 Å². The first kappa shape index (κ1) is 41.2. The first-order chi connectivity index (χ1) is 20.3. The van der Waals surface area contributed by atoms with Gasteiger partial charge in [0.25, 0.3) is 0 Å². The lowest BCUT2D eigenvalue weighted by Gasteiger charge is -2.19. The molecule has 0 radical (unpaired) electrons. The van der Waals surface area contributed by atoms with Crippen LogP contribution in [0.2, 0.25) is 0 Å². The highest BCUT2D eigenvalue weighted by Crippen LogP contribution is 2.12. The Morgan fingerprint density at radius 1 is 0.476 bits per heavy atom. The molecule has 0 amide bonds.